The number of alkyl halides is 3. The molecule has 0 aromatic heterocycles. The number of nitro benzene ring substituents is 1. The van der Waals surface area contributed by atoms with Crippen molar-refractivity contribution in [1.29, 1.82) is 0 Å². The van der Waals surface area contributed by atoms with Crippen LogP contribution < -0.4 is 16.4 Å². The fourth-order valence-corrected chi connectivity index (χ4v) is 4.19. The minimum Gasteiger partial charge on any atom is -0.369 e. The van der Waals surface area contributed by atoms with E-state index in [1.54, 1.807) is 0 Å². The number of hydrogen-bond donors (Lipinski definition) is 2. The number of nitrogens with two attached hydrogens (primary N) is 2. The molecular weight excluding hydrogens is 433 g/mol. The van der Waals surface area contributed by atoms with E-state index >= 15 is 0 Å². The van der Waals surface area contributed by atoms with Crippen LogP contribution >= 0.6 is 15.9 Å². The van der Waals surface area contributed by atoms with Crippen LogP contribution in [0, 0.1) is 10.1 Å². The van der Waals surface area contributed by atoms with Crippen molar-refractivity contribution in [2.75, 3.05) is 4.90 Å². The van der Waals surface area contributed by atoms with Gasteiger partial charge in [0.2, 0.25) is 11.9 Å². The zero-order valence-electron chi connectivity index (χ0n) is 14.0. The van der Waals surface area contributed by atoms with E-state index in [1.165, 1.54) is 0 Å². The summed E-state index contributed by atoms with van der Waals surface area (Å²) in [4.78, 5) is 19.8. The molecule has 146 valence electrons. The highest BCUT2D eigenvalue weighted by molar-refractivity contribution is 9.10. The van der Waals surface area contributed by atoms with Crippen LogP contribution in [0.4, 0.5) is 24.5 Å². The van der Waals surface area contributed by atoms with Crippen molar-refractivity contribution >= 4 is 39.2 Å². The summed E-state index contributed by atoms with van der Waals surface area (Å²) in [6.45, 7) is 0. The fraction of sp³-hybridized carbons (Fsp3) is 0.467. The number of aliphatic imine (C=N–C) groups is 2. The van der Waals surface area contributed by atoms with Crippen molar-refractivity contribution in [2.24, 2.45) is 21.5 Å². The van der Waals surface area contributed by atoms with Gasteiger partial charge in [-0.2, -0.15) is 18.2 Å². The normalized spacial score (nSPS) is 19.6. The van der Waals surface area contributed by atoms with Crippen LogP contribution in [0.2, 0.25) is 0 Å². The molecule has 8 nitrogen and oxygen atoms in total. The van der Waals surface area contributed by atoms with E-state index in [-0.39, 0.29) is 16.4 Å². The lowest BCUT2D eigenvalue weighted by Crippen LogP contribution is -2.58. The van der Waals surface area contributed by atoms with E-state index in [1.807, 2.05) is 0 Å². The first-order chi connectivity index (χ1) is 12.6. The maximum Gasteiger partial charge on any atom is 0.419 e. The van der Waals surface area contributed by atoms with E-state index in [9.17, 15) is 23.3 Å². The summed E-state index contributed by atoms with van der Waals surface area (Å²) in [7, 11) is 0. The quantitative estimate of drug-likeness (QED) is 0.529. The van der Waals surface area contributed by atoms with Crippen LogP contribution in [0.1, 0.15) is 37.7 Å². The summed E-state index contributed by atoms with van der Waals surface area (Å²) >= 11 is 2.87. The van der Waals surface area contributed by atoms with E-state index in [4.69, 9.17) is 11.5 Å². The first-order valence-corrected chi connectivity index (χ1v) is 8.90. The first-order valence-electron chi connectivity index (χ1n) is 8.11. The molecule has 0 amide bonds. The second-order valence-corrected chi connectivity index (χ2v) is 7.22. The molecule has 1 saturated carbocycles. The third-order valence-electron chi connectivity index (χ3n) is 4.66. The number of nitro groups is 1. The second-order valence-electron chi connectivity index (χ2n) is 6.36. The Morgan fingerprint density at radius 3 is 2.41 bits per heavy atom. The largest absolute Gasteiger partial charge is 0.419 e. The van der Waals surface area contributed by atoms with Crippen molar-refractivity contribution in [3.05, 3.63) is 32.3 Å². The Morgan fingerprint density at radius 1 is 1.22 bits per heavy atom. The lowest BCUT2D eigenvalue weighted by atomic mass is 9.86. The number of halogens is 4. The molecule has 4 N–H and O–H groups in total. The molecule has 1 aromatic carbocycles. The molecular formula is C15H16BrF3N6O2. The average Bonchev–Trinajstić information content (AvgIpc) is 2.53. The van der Waals surface area contributed by atoms with E-state index in [2.05, 4.69) is 25.9 Å². The summed E-state index contributed by atoms with van der Waals surface area (Å²) in [6, 6.07) is 1.99. The number of hydrogen-bond acceptors (Lipinski definition) is 7. The van der Waals surface area contributed by atoms with Crippen molar-refractivity contribution in [3.8, 4) is 0 Å². The summed E-state index contributed by atoms with van der Waals surface area (Å²) in [5.41, 5.74) is 7.81. The predicted octanol–water partition coefficient (Wildman–Crippen LogP) is 3.49. The summed E-state index contributed by atoms with van der Waals surface area (Å²) < 4.78 is 41.2. The first kappa shape index (κ1) is 19.4. The Kier molecular flexibility index (Phi) is 4.78. The number of benzene rings is 1. The van der Waals surface area contributed by atoms with Crippen LogP contribution in [0.3, 0.4) is 0 Å². The Labute approximate surface area is 160 Å². The van der Waals surface area contributed by atoms with Crippen LogP contribution in [0.5, 0.6) is 0 Å². The SMILES string of the molecule is NC1=NC2(CCCCC2)N(c2c([N+](=O)[O-])ccc(Br)c2C(F)(F)F)C(N)=N1. The number of anilines is 1. The molecule has 1 heterocycles. The monoisotopic (exact) mass is 448 g/mol. The zero-order valence-corrected chi connectivity index (χ0v) is 15.5. The van der Waals surface area contributed by atoms with Gasteiger partial charge < -0.3 is 11.5 Å². The molecule has 27 heavy (non-hydrogen) atoms. The third kappa shape index (κ3) is 3.33. The minimum atomic E-state index is -4.87. The van der Waals surface area contributed by atoms with Gasteiger partial charge in [0, 0.05) is 10.5 Å². The van der Waals surface area contributed by atoms with Gasteiger partial charge in [0.05, 0.1) is 4.92 Å². The Morgan fingerprint density at radius 2 is 1.85 bits per heavy atom. The average molecular weight is 449 g/mol. The van der Waals surface area contributed by atoms with E-state index in [0.29, 0.717) is 25.7 Å². The standard InChI is InChI=1S/C15H16BrF3N6O2/c16-8-4-5-9(25(26)27)11(10(8)15(17,18)19)24-13(21)22-12(20)23-14(24)6-2-1-3-7-14/h4-5H,1-3,6-7H2,(H4,20,21,22,23). The van der Waals surface area contributed by atoms with E-state index in [0.717, 1.165) is 23.5 Å². The molecule has 12 heteroatoms. The molecule has 0 unspecified atom stereocenters. The van der Waals surface area contributed by atoms with Gasteiger partial charge in [0.25, 0.3) is 5.69 Å². The highest BCUT2D eigenvalue weighted by atomic mass is 79.9. The molecule has 0 bridgehead atoms. The van der Waals surface area contributed by atoms with Crippen molar-refractivity contribution in [1.82, 2.24) is 0 Å². The third-order valence-corrected chi connectivity index (χ3v) is 5.32. The summed E-state index contributed by atoms with van der Waals surface area (Å²) in [5, 5.41) is 11.6. The molecule has 2 aliphatic rings. The molecule has 0 radical (unpaired) electrons. The van der Waals surface area contributed by atoms with Crippen LogP contribution in [0.15, 0.2) is 26.6 Å². The maximum absolute atomic E-state index is 13.8. The van der Waals surface area contributed by atoms with Gasteiger partial charge in [-0.3, -0.25) is 15.0 Å². The fourth-order valence-electron chi connectivity index (χ4n) is 3.64. The molecule has 1 aromatic rings. The maximum atomic E-state index is 13.8. The Hall–Kier alpha value is -2.37. The van der Waals surface area contributed by atoms with Gasteiger partial charge in [-0.1, -0.05) is 22.4 Å². The Balaban J connectivity index is 2.35. The topological polar surface area (TPSA) is 123 Å². The van der Waals surface area contributed by atoms with Gasteiger partial charge in [-0.25, -0.2) is 4.99 Å². The molecule has 1 spiro atoms. The smallest absolute Gasteiger partial charge is 0.369 e. The highest BCUT2D eigenvalue weighted by Gasteiger charge is 2.49. The molecule has 3 rings (SSSR count). The van der Waals surface area contributed by atoms with Gasteiger partial charge in [-0.15, -0.1) is 0 Å². The Bertz CT molecular complexity index is 849. The molecule has 1 fully saturated rings. The molecule has 0 saturated heterocycles. The van der Waals surface area contributed by atoms with Gasteiger partial charge in [-0.05, 0) is 31.7 Å². The number of rotatable bonds is 2. The van der Waals surface area contributed by atoms with Gasteiger partial charge in [0.15, 0.2) is 0 Å². The van der Waals surface area contributed by atoms with Gasteiger partial charge in [0.1, 0.15) is 16.9 Å². The zero-order chi connectivity index (χ0) is 20.0. The van der Waals surface area contributed by atoms with Crippen LogP contribution in [-0.4, -0.2) is 22.5 Å². The van der Waals surface area contributed by atoms with Crippen LogP contribution in [0.25, 0.3) is 0 Å². The van der Waals surface area contributed by atoms with Crippen molar-refractivity contribution in [3.63, 3.8) is 0 Å². The van der Waals surface area contributed by atoms with E-state index < -0.39 is 33.7 Å². The van der Waals surface area contributed by atoms with Gasteiger partial charge >= 0.3 is 6.18 Å². The number of guanidine groups is 2. The summed E-state index contributed by atoms with van der Waals surface area (Å²) in [6.07, 6.45) is -1.96. The molecule has 0 atom stereocenters. The lowest BCUT2D eigenvalue weighted by Gasteiger charge is -2.45. The highest BCUT2D eigenvalue weighted by Crippen LogP contribution is 2.50. The van der Waals surface area contributed by atoms with Crippen molar-refractivity contribution in [2.45, 2.75) is 43.9 Å². The molecule has 1 aliphatic heterocycles. The second kappa shape index (κ2) is 6.66. The minimum absolute atomic E-state index is 0.156. The van der Waals surface area contributed by atoms with Crippen molar-refractivity contribution < 1.29 is 18.1 Å². The van der Waals surface area contributed by atoms with Crippen LogP contribution in [-0.2, 0) is 6.18 Å². The number of nitrogens with zero attached hydrogens (tertiary/aromatic N) is 4. The molecule has 1 aliphatic carbocycles. The lowest BCUT2D eigenvalue weighted by molar-refractivity contribution is -0.384. The summed E-state index contributed by atoms with van der Waals surface area (Å²) in [5.74, 6) is -0.507. The predicted molar refractivity (Wildman–Crippen MR) is 97.3 cm³/mol.